The van der Waals surface area contributed by atoms with Crippen LogP contribution in [0.4, 0.5) is 0 Å². The van der Waals surface area contributed by atoms with Crippen LogP contribution in [-0.2, 0) is 24.7 Å². The first-order valence-corrected chi connectivity index (χ1v) is 10.8. The van der Waals surface area contributed by atoms with Crippen molar-refractivity contribution in [1.29, 1.82) is 0 Å². The summed E-state index contributed by atoms with van der Waals surface area (Å²) >= 11 is 1.50. The van der Waals surface area contributed by atoms with Gasteiger partial charge in [0.1, 0.15) is 0 Å². The summed E-state index contributed by atoms with van der Waals surface area (Å²) in [6.07, 6.45) is 15.7. The van der Waals surface area contributed by atoms with Crippen LogP contribution in [0, 0.1) is 0 Å². The standard InChI is InChI=1S/C26H21.Zr/c1-17(2)26-21-14-8-7-13-20(21)24-15-22(18-9-3-4-10-18)23(16-25(24)26)19-11-5-6-12-19;/h3-9,11,13-15H,10,12H2,1-2H3;. The molecule has 2 aromatic carbocycles. The average molecular weight is 425 g/mol. The molecule has 0 saturated carbocycles. The van der Waals surface area contributed by atoms with Crippen molar-refractivity contribution >= 4 is 20.0 Å². The van der Waals surface area contributed by atoms with E-state index >= 15 is 0 Å². The quantitative estimate of drug-likeness (QED) is 0.448. The summed E-state index contributed by atoms with van der Waals surface area (Å²) < 4.78 is 1.52. The molecule has 3 aliphatic rings. The van der Waals surface area contributed by atoms with E-state index in [-0.39, 0.29) is 0 Å². The van der Waals surface area contributed by atoms with Crippen LogP contribution in [0.5, 0.6) is 0 Å². The molecule has 27 heavy (non-hydrogen) atoms. The van der Waals surface area contributed by atoms with Gasteiger partial charge in [-0.1, -0.05) is 0 Å². The van der Waals surface area contributed by atoms with Gasteiger partial charge in [-0.2, -0.15) is 0 Å². The fraction of sp³-hybridized carbons (Fsp3) is 0.154. The normalized spacial score (nSPS) is 16.4. The SMILES string of the molecule is CC(C)=C1c2ccccc2-c2cc(C3=CC=CC3)c(C3=CC=CC3)[c]([Zr])c21. The molecular weight excluding hydrogens is 404 g/mol. The fourth-order valence-corrected chi connectivity index (χ4v) is 5.98. The second-order valence-corrected chi connectivity index (χ2v) is 8.89. The minimum atomic E-state index is 1.04. The molecule has 129 valence electrons. The Kier molecular flexibility index (Phi) is 4.17. The van der Waals surface area contributed by atoms with Gasteiger partial charge in [0.2, 0.25) is 0 Å². The number of rotatable bonds is 2. The van der Waals surface area contributed by atoms with E-state index in [2.05, 4.69) is 80.6 Å². The molecule has 0 nitrogen and oxygen atoms in total. The van der Waals surface area contributed by atoms with Crippen LogP contribution in [0.2, 0.25) is 0 Å². The van der Waals surface area contributed by atoms with E-state index in [4.69, 9.17) is 0 Å². The van der Waals surface area contributed by atoms with Crippen LogP contribution < -0.4 is 3.27 Å². The van der Waals surface area contributed by atoms with Crippen LogP contribution in [0.3, 0.4) is 0 Å². The van der Waals surface area contributed by atoms with E-state index in [1.807, 2.05) is 0 Å². The Morgan fingerprint density at radius 3 is 2.07 bits per heavy atom. The number of fused-ring (bicyclic) bond motifs is 3. The van der Waals surface area contributed by atoms with Crippen molar-refractivity contribution in [3.8, 4) is 11.1 Å². The van der Waals surface area contributed by atoms with Gasteiger partial charge < -0.3 is 0 Å². The van der Waals surface area contributed by atoms with Crippen molar-refractivity contribution in [2.75, 3.05) is 0 Å². The van der Waals surface area contributed by atoms with Gasteiger partial charge in [0.15, 0.2) is 0 Å². The Morgan fingerprint density at radius 1 is 0.778 bits per heavy atom. The molecule has 0 saturated heterocycles. The second-order valence-electron chi connectivity index (χ2n) is 7.67. The fourth-order valence-electron chi connectivity index (χ4n) is 4.61. The molecule has 5 rings (SSSR count). The number of benzene rings is 2. The van der Waals surface area contributed by atoms with Crippen LogP contribution in [0.25, 0.3) is 27.8 Å². The third kappa shape index (κ3) is 2.59. The third-order valence-electron chi connectivity index (χ3n) is 5.77. The molecule has 0 spiro atoms. The molecule has 0 heterocycles. The first kappa shape index (κ1) is 17.1. The first-order chi connectivity index (χ1) is 13.2. The second kappa shape index (κ2) is 6.57. The van der Waals surface area contributed by atoms with Crippen LogP contribution >= 0.6 is 0 Å². The van der Waals surface area contributed by atoms with Crippen molar-refractivity contribution in [1.82, 2.24) is 0 Å². The van der Waals surface area contributed by atoms with Gasteiger partial charge in [-0.25, -0.2) is 0 Å². The van der Waals surface area contributed by atoms with Crippen molar-refractivity contribution in [3.63, 3.8) is 0 Å². The zero-order chi connectivity index (χ0) is 18.5. The summed E-state index contributed by atoms with van der Waals surface area (Å²) in [5, 5.41) is 0. The van der Waals surface area contributed by atoms with Gasteiger partial charge >= 0.3 is 177 Å². The molecule has 2 aromatic rings. The molecule has 0 fully saturated rings. The molecule has 0 aromatic heterocycles. The molecule has 3 aliphatic carbocycles. The molecule has 1 heteroatoms. The van der Waals surface area contributed by atoms with Gasteiger partial charge in [0, 0.05) is 0 Å². The van der Waals surface area contributed by atoms with Crippen LogP contribution in [-0.4, -0.2) is 0 Å². The topological polar surface area (TPSA) is 0 Å². The number of allylic oxidation sites excluding steroid dienone is 9. The third-order valence-corrected chi connectivity index (χ3v) is 7.00. The molecule has 0 radical (unpaired) electrons. The molecule has 0 unspecified atom stereocenters. The number of hydrogen-bond acceptors (Lipinski definition) is 0. The Hall–Kier alpha value is -1.98. The van der Waals surface area contributed by atoms with E-state index in [9.17, 15) is 0 Å². The summed E-state index contributed by atoms with van der Waals surface area (Å²) in [6, 6.07) is 11.4. The summed E-state index contributed by atoms with van der Waals surface area (Å²) in [6.45, 7) is 4.51. The predicted molar refractivity (Wildman–Crippen MR) is 112 cm³/mol. The van der Waals surface area contributed by atoms with Crippen molar-refractivity contribution < 1.29 is 24.7 Å². The summed E-state index contributed by atoms with van der Waals surface area (Å²) in [7, 11) is 0. The Bertz CT molecular complexity index is 1130. The average Bonchev–Trinajstić information content (AvgIpc) is 3.41. The van der Waals surface area contributed by atoms with Crippen molar-refractivity contribution in [2.45, 2.75) is 26.7 Å². The molecular formula is C26H21Zr. The summed E-state index contributed by atoms with van der Waals surface area (Å²) in [5.41, 5.74) is 14.4. The zero-order valence-electron chi connectivity index (χ0n) is 15.8. The maximum atomic E-state index is 2.48. The van der Waals surface area contributed by atoms with Crippen LogP contribution in [0.1, 0.15) is 48.9 Å². The molecule has 0 aliphatic heterocycles. The van der Waals surface area contributed by atoms with E-state index in [0.29, 0.717) is 0 Å². The molecule has 0 amide bonds. The van der Waals surface area contributed by atoms with E-state index in [1.165, 1.54) is 83.7 Å². The van der Waals surface area contributed by atoms with Crippen molar-refractivity contribution in [2.24, 2.45) is 0 Å². The van der Waals surface area contributed by atoms with Gasteiger partial charge in [-0.3, -0.25) is 0 Å². The van der Waals surface area contributed by atoms with Gasteiger partial charge in [0.05, 0.1) is 0 Å². The molecule has 0 N–H and O–H groups in total. The van der Waals surface area contributed by atoms with Crippen molar-refractivity contribution in [3.05, 3.63) is 94.6 Å². The van der Waals surface area contributed by atoms with Gasteiger partial charge in [-0.05, 0) is 0 Å². The predicted octanol–water partition coefficient (Wildman–Crippen LogP) is 6.37. The minimum absolute atomic E-state index is 1.04. The molecule has 0 bridgehead atoms. The van der Waals surface area contributed by atoms with E-state index < -0.39 is 0 Å². The maximum absolute atomic E-state index is 2.48. The summed E-state index contributed by atoms with van der Waals surface area (Å²) in [5.74, 6) is 0. The van der Waals surface area contributed by atoms with Gasteiger partial charge in [-0.15, -0.1) is 0 Å². The Labute approximate surface area is 176 Å². The van der Waals surface area contributed by atoms with Crippen LogP contribution in [0.15, 0.2) is 72.4 Å². The Morgan fingerprint density at radius 2 is 1.44 bits per heavy atom. The number of hydrogen-bond donors (Lipinski definition) is 0. The summed E-state index contributed by atoms with van der Waals surface area (Å²) in [4.78, 5) is 0. The van der Waals surface area contributed by atoms with E-state index in [0.717, 1.165) is 12.8 Å². The monoisotopic (exact) mass is 423 g/mol. The van der Waals surface area contributed by atoms with E-state index in [1.54, 1.807) is 0 Å². The Balaban J connectivity index is 1.87. The molecule has 0 atom stereocenters. The zero-order valence-corrected chi connectivity index (χ0v) is 18.2. The first-order valence-electron chi connectivity index (χ1n) is 9.59. The van der Waals surface area contributed by atoms with Gasteiger partial charge in [0.25, 0.3) is 0 Å².